The Hall–Kier alpha value is -3.39. The van der Waals surface area contributed by atoms with Crippen LogP contribution in [0.2, 0.25) is 0 Å². The number of carboxylic acid groups (broad SMARTS) is 1. The number of thiazole rings is 1. The third-order valence-corrected chi connectivity index (χ3v) is 4.57. The zero-order valence-corrected chi connectivity index (χ0v) is 16.2. The summed E-state index contributed by atoms with van der Waals surface area (Å²) in [4.78, 5) is 15.1. The van der Waals surface area contributed by atoms with E-state index in [9.17, 15) is 9.90 Å². The maximum atomic E-state index is 10.6. The van der Waals surface area contributed by atoms with Gasteiger partial charge < -0.3 is 19.4 Å². The number of hydrazone groups is 1. The second-order valence-electron chi connectivity index (χ2n) is 5.74. The lowest BCUT2D eigenvalue weighted by atomic mass is 10.1. The zero-order valence-electron chi connectivity index (χ0n) is 15.3. The quantitative estimate of drug-likeness (QED) is 0.465. The van der Waals surface area contributed by atoms with Crippen LogP contribution in [-0.2, 0) is 4.79 Å². The van der Waals surface area contributed by atoms with Gasteiger partial charge in [-0.2, -0.15) is 5.10 Å². The Morgan fingerprint density at radius 2 is 2.00 bits per heavy atom. The predicted octanol–water partition coefficient (Wildman–Crippen LogP) is 2.78. The van der Waals surface area contributed by atoms with Gasteiger partial charge in [0.25, 0.3) is 0 Å². The van der Waals surface area contributed by atoms with E-state index in [1.165, 1.54) is 18.4 Å². The van der Waals surface area contributed by atoms with Crippen LogP contribution in [0.1, 0.15) is 12.5 Å². The standard InChI is InChI=1S/C20H19N3O4S/c1-13(15-8-9-17(18(10-15)26-2)27-11-19(24)25)22-23-20-21-16(12-28-20)14-6-4-3-5-7-14/h3-10,12H,11H2,1-2H3,(H,21,23)(H,24,25)/p-1/b22-13-. The van der Waals surface area contributed by atoms with Crippen LogP contribution in [0, 0.1) is 0 Å². The fourth-order valence-electron chi connectivity index (χ4n) is 2.41. The first-order valence-electron chi connectivity index (χ1n) is 8.39. The molecule has 7 nitrogen and oxygen atoms in total. The molecule has 3 rings (SSSR count). The smallest absolute Gasteiger partial charge is 0.203 e. The molecule has 0 bridgehead atoms. The lowest BCUT2D eigenvalue weighted by Gasteiger charge is -2.12. The van der Waals surface area contributed by atoms with Gasteiger partial charge in [-0.25, -0.2) is 4.98 Å². The van der Waals surface area contributed by atoms with E-state index in [2.05, 4.69) is 15.5 Å². The Morgan fingerprint density at radius 1 is 1.21 bits per heavy atom. The molecule has 1 aromatic heterocycles. The number of rotatable bonds is 8. The Morgan fingerprint density at radius 3 is 2.71 bits per heavy atom. The van der Waals surface area contributed by atoms with Crippen molar-refractivity contribution in [2.24, 2.45) is 5.10 Å². The van der Waals surface area contributed by atoms with Crippen LogP contribution in [0.25, 0.3) is 11.3 Å². The van der Waals surface area contributed by atoms with Crippen LogP contribution in [-0.4, -0.2) is 30.4 Å². The molecule has 0 spiro atoms. The van der Waals surface area contributed by atoms with Crippen molar-refractivity contribution in [3.63, 3.8) is 0 Å². The summed E-state index contributed by atoms with van der Waals surface area (Å²) in [5.41, 5.74) is 6.40. The molecule has 0 unspecified atom stereocenters. The number of carboxylic acids is 1. The highest BCUT2D eigenvalue weighted by atomic mass is 32.1. The molecule has 0 amide bonds. The number of methoxy groups -OCH3 is 1. The van der Waals surface area contributed by atoms with Crippen LogP contribution in [0.4, 0.5) is 5.13 Å². The van der Waals surface area contributed by atoms with Crippen LogP contribution in [0.3, 0.4) is 0 Å². The molecule has 144 valence electrons. The Balaban J connectivity index is 1.71. The molecule has 0 aliphatic heterocycles. The number of aliphatic carboxylic acids is 1. The summed E-state index contributed by atoms with van der Waals surface area (Å²) in [6.45, 7) is 1.30. The minimum absolute atomic E-state index is 0.323. The third kappa shape index (κ3) is 4.86. The third-order valence-electron chi connectivity index (χ3n) is 3.82. The van der Waals surface area contributed by atoms with E-state index in [-0.39, 0.29) is 0 Å². The Kier molecular flexibility index (Phi) is 6.23. The van der Waals surface area contributed by atoms with Crippen molar-refractivity contribution in [3.8, 4) is 22.8 Å². The number of aromatic nitrogens is 1. The highest BCUT2D eigenvalue weighted by molar-refractivity contribution is 7.14. The summed E-state index contributed by atoms with van der Waals surface area (Å²) < 4.78 is 10.4. The summed E-state index contributed by atoms with van der Waals surface area (Å²) >= 11 is 1.47. The van der Waals surface area contributed by atoms with Gasteiger partial charge in [0, 0.05) is 16.5 Å². The minimum Gasteiger partial charge on any atom is -0.546 e. The highest BCUT2D eigenvalue weighted by Crippen LogP contribution is 2.28. The first-order valence-corrected chi connectivity index (χ1v) is 9.27. The predicted molar refractivity (Wildman–Crippen MR) is 107 cm³/mol. The van der Waals surface area contributed by atoms with Crippen molar-refractivity contribution in [3.05, 3.63) is 59.5 Å². The number of anilines is 1. The SMILES string of the molecule is COc1cc(/C(C)=N\Nc2nc(-c3ccccc3)cs2)ccc1OCC(=O)[O-]. The van der Waals surface area contributed by atoms with Crippen LogP contribution >= 0.6 is 11.3 Å². The van der Waals surface area contributed by atoms with Gasteiger partial charge in [-0.15, -0.1) is 11.3 Å². The molecule has 3 aromatic rings. The number of hydrogen-bond acceptors (Lipinski definition) is 8. The highest BCUT2D eigenvalue weighted by Gasteiger charge is 2.09. The van der Waals surface area contributed by atoms with Gasteiger partial charge >= 0.3 is 0 Å². The largest absolute Gasteiger partial charge is 0.546 e. The molecule has 0 radical (unpaired) electrons. The van der Waals surface area contributed by atoms with E-state index in [1.54, 1.807) is 18.2 Å². The first-order chi connectivity index (χ1) is 13.6. The Labute approximate surface area is 166 Å². The normalized spacial score (nSPS) is 11.1. The van der Waals surface area contributed by atoms with Gasteiger partial charge in [-0.1, -0.05) is 30.3 Å². The van der Waals surface area contributed by atoms with Gasteiger partial charge in [0.1, 0.15) is 6.61 Å². The number of nitrogens with zero attached hydrogens (tertiary/aromatic N) is 2. The van der Waals surface area contributed by atoms with Gasteiger partial charge in [-0.3, -0.25) is 5.43 Å². The van der Waals surface area contributed by atoms with Crippen LogP contribution in [0.5, 0.6) is 11.5 Å². The molecule has 0 aliphatic rings. The molecule has 1 N–H and O–H groups in total. The molecule has 2 aromatic carbocycles. The van der Waals surface area contributed by atoms with E-state index >= 15 is 0 Å². The fraction of sp³-hybridized carbons (Fsp3) is 0.150. The minimum atomic E-state index is -1.30. The summed E-state index contributed by atoms with van der Waals surface area (Å²) in [5, 5.41) is 17.6. The zero-order chi connectivity index (χ0) is 19.9. The lowest BCUT2D eigenvalue weighted by molar-refractivity contribution is -0.307. The summed E-state index contributed by atoms with van der Waals surface area (Å²) in [7, 11) is 1.48. The summed E-state index contributed by atoms with van der Waals surface area (Å²) in [6, 6.07) is 15.0. The average molecular weight is 396 g/mol. The summed E-state index contributed by atoms with van der Waals surface area (Å²) in [5.74, 6) is -0.566. The van der Waals surface area contributed by atoms with Crippen molar-refractivity contribution >= 4 is 28.1 Å². The first kappa shape index (κ1) is 19.4. The second kappa shape index (κ2) is 9.01. The molecule has 0 atom stereocenters. The molecular weight excluding hydrogens is 378 g/mol. The molecule has 0 fully saturated rings. The lowest BCUT2D eigenvalue weighted by Crippen LogP contribution is -2.29. The van der Waals surface area contributed by atoms with Crippen molar-refractivity contribution in [2.45, 2.75) is 6.92 Å². The topological polar surface area (TPSA) is 95.9 Å². The number of nitrogens with one attached hydrogen (secondary N) is 1. The molecule has 0 saturated heterocycles. The summed E-state index contributed by atoms with van der Waals surface area (Å²) in [6.07, 6.45) is 0. The maximum absolute atomic E-state index is 10.6. The monoisotopic (exact) mass is 396 g/mol. The number of ether oxygens (including phenoxy) is 2. The van der Waals surface area contributed by atoms with Gasteiger partial charge in [0.15, 0.2) is 11.5 Å². The second-order valence-corrected chi connectivity index (χ2v) is 6.60. The van der Waals surface area contributed by atoms with Crippen LogP contribution < -0.4 is 20.0 Å². The molecule has 0 saturated carbocycles. The van der Waals surface area contributed by atoms with Crippen molar-refractivity contribution in [1.82, 2.24) is 4.98 Å². The van der Waals surface area contributed by atoms with Gasteiger partial charge in [-0.05, 0) is 25.1 Å². The molecule has 0 aliphatic carbocycles. The maximum Gasteiger partial charge on any atom is 0.203 e. The van der Waals surface area contributed by atoms with Crippen molar-refractivity contribution < 1.29 is 19.4 Å². The van der Waals surface area contributed by atoms with E-state index in [0.717, 1.165) is 16.8 Å². The van der Waals surface area contributed by atoms with Crippen molar-refractivity contribution in [2.75, 3.05) is 19.1 Å². The molecule has 28 heavy (non-hydrogen) atoms. The van der Waals surface area contributed by atoms with Gasteiger partial charge in [0.2, 0.25) is 5.13 Å². The average Bonchev–Trinajstić information content (AvgIpc) is 3.20. The molecule has 1 heterocycles. The van der Waals surface area contributed by atoms with E-state index < -0.39 is 12.6 Å². The van der Waals surface area contributed by atoms with E-state index in [1.807, 2.05) is 42.6 Å². The number of benzene rings is 2. The fourth-order valence-corrected chi connectivity index (χ4v) is 3.07. The number of hydrogen-bond donors (Lipinski definition) is 1. The molecule has 8 heteroatoms. The Bertz CT molecular complexity index is 986. The van der Waals surface area contributed by atoms with Crippen LogP contribution in [0.15, 0.2) is 59.0 Å². The number of carbonyl (C=O) groups excluding carboxylic acids is 1. The van der Waals surface area contributed by atoms with E-state index in [0.29, 0.717) is 22.3 Å². The van der Waals surface area contributed by atoms with Gasteiger partial charge in [0.05, 0.1) is 24.5 Å². The number of carbonyl (C=O) groups is 1. The molecular formula is C20H18N3O4S-. The van der Waals surface area contributed by atoms with Crippen molar-refractivity contribution in [1.29, 1.82) is 0 Å². The van der Waals surface area contributed by atoms with E-state index in [4.69, 9.17) is 9.47 Å².